The highest BCUT2D eigenvalue weighted by Gasteiger charge is 2.24. The van der Waals surface area contributed by atoms with E-state index >= 15 is 0 Å². The van der Waals surface area contributed by atoms with Crippen LogP contribution in [0.3, 0.4) is 0 Å². The van der Waals surface area contributed by atoms with E-state index in [1.807, 2.05) is 18.2 Å². The van der Waals surface area contributed by atoms with E-state index in [4.69, 9.17) is 0 Å². The van der Waals surface area contributed by atoms with E-state index in [1.165, 1.54) is 11.6 Å². The largest absolute Gasteiger partial charge is 0.335 e. The molecule has 1 aliphatic heterocycles. The van der Waals surface area contributed by atoms with E-state index in [0.717, 1.165) is 43.1 Å². The second-order valence-corrected chi connectivity index (χ2v) is 8.03. The van der Waals surface area contributed by atoms with E-state index in [9.17, 15) is 18.4 Å². The van der Waals surface area contributed by atoms with Crippen LogP contribution >= 0.6 is 11.3 Å². The predicted molar refractivity (Wildman–Crippen MR) is 114 cm³/mol. The second kappa shape index (κ2) is 9.32. The zero-order chi connectivity index (χ0) is 21.8. The number of hydrogen-bond acceptors (Lipinski definition) is 5. The first kappa shape index (κ1) is 21.1. The Hall–Kier alpha value is -3.17. The highest BCUT2D eigenvalue weighted by atomic mass is 32.1. The number of amides is 2. The number of halogens is 2. The minimum atomic E-state index is -1.10. The molecule has 0 bridgehead atoms. The van der Waals surface area contributed by atoms with Crippen LogP contribution in [0, 0.1) is 11.6 Å². The number of rotatable bonds is 5. The molecule has 0 saturated carbocycles. The van der Waals surface area contributed by atoms with E-state index in [1.54, 1.807) is 10.3 Å². The Balaban J connectivity index is 1.32. The molecule has 1 aliphatic rings. The van der Waals surface area contributed by atoms with E-state index < -0.39 is 17.5 Å². The summed E-state index contributed by atoms with van der Waals surface area (Å²) in [5.74, 6) is -2.94. The van der Waals surface area contributed by atoms with Gasteiger partial charge in [-0.1, -0.05) is 30.3 Å². The molecule has 4 rings (SSSR count). The third-order valence-corrected chi connectivity index (χ3v) is 5.79. The highest BCUT2D eigenvalue weighted by molar-refractivity contribution is 7.14. The van der Waals surface area contributed by atoms with Crippen molar-refractivity contribution >= 4 is 28.3 Å². The average Bonchev–Trinajstić information content (AvgIpc) is 3.25. The maximum atomic E-state index is 13.3. The van der Waals surface area contributed by atoms with Crippen LogP contribution in [-0.2, 0) is 6.54 Å². The fraction of sp³-hybridized carbons (Fsp3) is 0.227. The number of hydrogen-bond donors (Lipinski definition) is 1. The van der Waals surface area contributed by atoms with E-state index in [0.29, 0.717) is 13.1 Å². The molecule has 1 fully saturated rings. The summed E-state index contributed by atoms with van der Waals surface area (Å²) in [6.45, 7) is 3.58. The third kappa shape index (κ3) is 5.12. The second-order valence-electron chi connectivity index (χ2n) is 7.17. The van der Waals surface area contributed by atoms with Crippen LogP contribution in [0.1, 0.15) is 26.4 Å². The Morgan fingerprint density at radius 2 is 1.74 bits per heavy atom. The van der Waals surface area contributed by atoms with Crippen LogP contribution in [0.5, 0.6) is 0 Å². The van der Waals surface area contributed by atoms with Gasteiger partial charge in [-0.05, 0) is 23.8 Å². The van der Waals surface area contributed by atoms with Gasteiger partial charge in [-0.15, -0.1) is 11.3 Å². The standard InChI is InChI=1S/C22H20F2N4O2S/c23-17-7-6-16(12-18(17)24)20(29)26-22-25-19(14-31-22)21(30)28-10-8-27(9-11-28)13-15-4-2-1-3-5-15/h1-7,12,14H,8-11,13H2,(H,25,26,29). The molecule has 160 valence electrons. The molecule has 0 unspecified atom stereocenters. The van der Waals surface area contributed by atoms with Crippen LogP contribution in [0.15, 0.2) is 53.9 Å². The summed E-state index contributed by atoms with van der Waals surface area (Å²) < 4.78 is 26.4. The number of piperazine rings is 1. The number of thiazole rings is 1. The first-order valence-electron chi connectivity index (χ1n) is 9.77. The van der Waals surface area contributed by atoms with Crippen molar-refractivity contribution in [1.29, 1.82) is 0 Å². The van der Waals surface area contributed by atoms with E-state index in [2.05, 4.69) is 27.3 Å². The minimum absolute atomic E-state index is 0.0310. The summed E-state index contributed by atoms with van der Waals surface area (Å²) in [6, 6.07) is 13.1. The van der Waals surface area contributed by atoms with Gasteiger partial charge in [0, 0.05) is 43.7 Å². The quantitative estimate of drug-likeness (QED) is 0.655. The monoisotopic (exact) mass is 442 g/mol. The highest BCUT2D eigenvalue weighted by Crippen LogP contribution is 2.19. The zero-order valence-corrected chi connectivity index (χ0v) is 17.4. The Labute approximate surface area is 182 Å². The molecular formula is C22H20F2N4O2S. The van der Waals surface area contributed by atoms with Gasteiger partial charge in [-0.25, -0.2) is 13.8 Å². The summed E-state index contributed by atoms with van der Waals surface area (Å²) in [4.78, 5) is 33.2. The molecule has 31 heavy (non-hydrogen) atoms. The fourth-order valence-corrected chi connectivity index (χ4v) is 4.03. The molecule has 3 aromatic rings. The van der Waals surface area contributed by atoms with Gasteiger partial charge in [0.1, 0.15) is 5.69 Å². The molecule has 6 nitrogen and oxygen atoms in total. The lowest BCUT2D eigenvalue weighted by Crippen LogP contribution is -2.48. The number of aromatic nitrogens is 1. The van der Waals surface area contributed by atoms with Gasteiger partial charge < -0.3 is 4.90 Å². The number of carbonyl (C=O) groups is 2. The summed E-state index contributed by atoms with van der Waals surface area (Å²) in [5, 5.41) is 4.32. The molecule has 1 aromatic heterocycles. The summed E-state index contributed by atoms with van der Waals surface area (Å²) in [7, 11) is 0. The molecule has 2 heterocycles. The first-order chi connectivity index (χ1) is 15.0. The smallest absolute Gasteiger partial charge is 0.273 e. The van der Waals surface area contributed by atoms with Crippen molar-refractivity contribution in [2.24, 2.45) is 0 Å². The van der Waals surface area contributed by atoms with Crippen LogP contribution in [0.25, 0.3) is 0 Å². The SMILES string of the molecule is O=C(Nc1nc(C(=O)N2CCN(Cc3ccccc3)CC2)cs1)c1ccc(F)c(F)c1. The zero-order valence-electron chi connectivity index (χ0n) is 16.6. The summed E-state index contributed by atoms with van der Waals surface area (Å²) in [6.07, 6.45) is 0. The molecule has 0 atom stereocenters. The molecule has 2 aromatic carbocycles. The van der Waals surface area contributed by atoms with Gasteiger partial charge >= 0.3 is 0 Å². The average molecular weight is 442 g/mol. The Kier molecular flexibility index (Phi) is 6.34. The maximum absolute atomic E-state index is 13.3. The number of nitrogens with zero attached hydrogens (tertiary/aromatic N) is 3. The lowest BCUT2D eigenvalue weighted by atomic mass is 10.2. The van der Waals surface area contributed by atoms with Gasteiger partial charge in [0.05, 0.1) is 0 Å². The summed E-state index contributed by atoms with van der Waals surface area (Å²) >= 11 is 1.11. The third-order valence-electron chi connectivity index (χ3n) is 5.03. The van der Waals surface area contributed by atoms with Gasteiger partial charge in [-0.3, -0.25) is 19.8 Å². The van der Waals surface area contributed by atoms with Crippen LogP contribution in [0.2, 0.25) is 0 Å². The molecule has 0 radical (unpaired) electrons. The molecule has 0 spiro atoms. The Morgan fingerprint density at radius 1 is 1.00 bits per heavy atom. The number of carbonyl (C=O) groups excluding carboxylic acids is 2. The number of anilines is 1. The van der Waals surface area contributed by atoms with Crippen molar-refractivity contribution in [2.75, 3.05) is 31.5 Å². The Bertz CT molecular complexity index is 1080. The molecule has 0 aliphatic carbocycles. The van der Waals surface area contributed by atoms with Gasteiger partial charge in [0.25, 0.3) is 11.8 Å². The van der Waals surface area contributed by atoms with Crippen molar-refractivity contribution in [2.45, 2.75) is 6.54 Å². The van der Waals surface area contributed by atoms with Gasteiger partial charge in [0.2, 0.25) is 0 Å². The lowest BCUT2D eigenvalue weighted by molar-refractivity contribution is 0.0623. The van der Waals surface area contributed by atoms with Gasteiger partial charge in [-0.2, -0.15) is 0 Å². The Morgan fingerprint density at radius 3 is 2.45 bits per heavy atom. The van der Waals surface area contributed by atoms with Crippen molar-refractivity contribution in [3.05, 3.63) is 82.4 Å². The van der Waals surface area contributed by atoms with E-state index in [-0.39, 0.29) is 22.3 Å². The van der Waals surface area contributed by atoms with Crippen molar-refractivity contribution in [3.63, 3.8) is 0 Å². The molecule has 2 amide bonds. The number of nitrogens with one attached hydrogen (secondary N) is 1. The molecule has 1 N–H and O–H groups in total. The lowest BCUT2D eigenvalue weighted by Gasteiger charge is -2.34. The van der Waals surface area contributed by atoms with Crippen LogP contribution in [-0.4, -0.2) is 52.8 Å². The number of benzene rings is 2. The fourth-order valence-electron chi connectivity index (χ4n) is 3.35. The van der Waals surface area contributed by atoms with Crippen molar-refractivity contribution < 1.29 is 18.4 Å². The van der Waals surface area contributed by atoms with Crippen LogP contribution in [0.4, 0.5) is 13.9 Å². The molecule has 9 heteroatoms. The first-order valence-corrected chi connectivity index (χ1v) is 10.6. The van der Waals surface area contributed by atoms with Crippen LogP contribution < -0.4 is 5.32 Å². The predicted octanol–water partition coefficient (Wildman–Crippen LogP) is 3.63. The minimum Gasteiger partial charge on any atom is -0.335 e. The topological polar surface area (TPSA) is 65.5 Å². The van der Waals surface area contributed by atoms with Crippen molar-refractivity contribution in [1.82, 2.24) is 14.8 Å². The summed E-state index contributed by atoms with van der Waals surface area (Å²) in [5.41, 5.74) is 1.46. The van der Waals surface area contributed by atoms with Gasteiger partial charge in [0.15, 0.2) is 16.8 Å². The normalized spacial score (nSPS) is 14.5. The molecule has 1 saturated heterocycles. The van der Waals surface area contributed by atoms with Crippen molar-refractivity contribution in [3.8, 4) is 0 Å². The molecular weight excluding hydrogens is 422 g/mol. The maximum Gasteiger partial charge on any atom is 0.273 e.